The molecule has 0 atom stereocenters. The summed E-state index contributed by atoms with van der Waals surface area (Å²) in [5, 5.41) is 0. The summed E-state index contributed by atoms with van der Waals surface area (Å²) >= 11 is 0. The van der Waals surface area contributed by atoms with Crippen molar-refractivity contribution in [2.24, 2.45) is 4.99 Å². The summed E-state index contributed by atoms with van der Waals surface area (Å²) in [5.74, 6) is 0.0710. The zero-order valence-electron chi connectivity index (χ0n) is 13.4. The van der Waals surface area contributed by atoms with Crippen molar-refractivity contribution in [1.82, 2.24) is 4.90 Å². The number of likely N-dealkylation sites (N-methyl/N-ethyl adjacent to an activating group) is 2. The summed E-state index contributed by atoms with van der Waals surface area (Å²) in [7, 11) is 3.61. The van der Waals surface area contributed by atoms with Crippen LogP contribution in [0.15, 0.2) is 47.5 Å². The van der Waals surface area contributed by atoms with E-state index in [-0.39, 0.29) is 5.91 Å². The fourth-order valence-electron chi connectivity index (χ4n) is 2.54. The standard InChI is InChI=1S/C18H18FN3O/c1-12-4-7-14(8-5-12)22(3)17-11-21(2)18(23)15-10-13(19)6-9-16(15)20-17/h4-10H,11H2,1-3H3. The van der Waals surface area contributed by atoms with Gasteiger partial charge >= 0.3 is 0 Å². The first-order valence-electron chi connectivity index (χ1n) is 7.38. The Morgan fingerprint density at radius 1 is 1.17 bits per heavy atom. The van der Waals surface area contributed by atoms with E-state index in [1.807, 2.05) is 43.1 Å². The molecule has 1 aliphatic heterocycles. The monoisotopic (exact) mass is 311 g/mol. The van der Waals surface area contributed by atoms with Crippen LogP contribution in [0.3, 0.4) is 0 Å². The average Bonchev–Trinajstić information content (AvgIpc) is 2.66. The highest BCUT2D eigenvalue weighted by Crippen LogP contribution is 2.26. The van der Waals surface area contributed by atoms with Crippen LogP contribution in [0.2, 0.25) is 0 Å². The number of aliphatic imine (C=N–C) groups is 1. The third-order valence-corrected chi connectivity index (χ3v) is 3.97. The van der Waals surface area contributed by atoms with Crippen molar-refractivity contribution in [3.63, 3.8) is 0 Å². The molecule has 0 aromatic heterocycles. The third kappa shape index (κ3) is 2.95. The van der Waals surface area contributed by atoms with Crippen molar-refractivity contribution in [3.8, 4) is 0 Å². The van der Waals surface area contributed by atoms with Crippen LogP contribution in [0.1, 0.15) is 15.9 Å². The summed E-state index contributed by atoms with van der Waals surface area (Å²) < 4.78 is 13.5. The van der Waals surface area contributed by atoms with E-state index in [2.05, 4.69) is 4.99 Å². The molecule has 0 bridgehead atoms. The number of nitrogens with zero attached hydrogens (tertiary/aromatic N) is 3. The van der Waals surface area contributed by atoms with Crippen molar-refractivity contribution in [2.45, 2.75) is 6.92 Å². The predicted octanol–water partition coefficient (Wildman–Crippen LogP) is 3.39. The Kier molecular flexibility index (Phi) is 3.86. The van der Waals surface area contributed by atoms with Crippen LogP contribution >= 0.6 is 0 Å². The van der Waals surface area contributed by atoms with E-state index in [1.54, 1.807) is 18.0 Å². The van der Waals surface area contributed by atoms with Crippen molar-refractivity contribution in [2.75, 3.05) is 25.5 Å². The Labute approximate surface area is 134 Å². The average molecular weight is 311 g/mol. The first-order chi connectivity index (χ1) is 11.0. The second kappa shape index (κ2) is 5.83. The van der Waals surface area contributed by atoms with Gasteiger partial charge in [-0.1, -0.05) is 17.7 Å². The molecule has 0 radical (unpaired) electrons. The quantitative estimate of drug-likeness (QED) is 0.809. The molecule has 23 heavy (non-hydrogen) atoms. The van der Waals surface area contributed by atoms with E-state index in [9.17, 15) is 9.18 Å². The predicted molar refractivity (Wildman–Crippen MR) is 90.0 cm³/mol. The van der Waals surface area contributed by atoms with E-state index < -0.39 is 5.82 Å². The molecule has 3 rings (SSSR count). The third-order valence-electron chi connectivity index (χ3n) is 3.97. The molecule has 0 fully saturated rings. The Hall–Kier alpha value is -2.69. The highest BCUT2D eigenvalue weighted by molar-refractivity contribution is 6.08. The molecule has 1 amide bonds. The summed E-state index contributed by atoms with van der Waals surface area (Å²) in [6, 6.07) is 12.2. The number of hydrogen-bond donors (Lipinski definition) is 0. The van der Waals surface area contributed by atoms with Gasteiger partial charge in [-0.2, -0.15) is 0 Å². The highest BCUT2D eigenvalue weighted by Gasteiger charge is 2.24. The van der Waals surface area contributed by atoms with Gasteiger partial charge in [-0.05, 0) is 37.3 Å². The number of halogens is 1. The van der Waals surface area contributed by atoms with Crippen LogP contribution < -0.4 is 4.90 Å². The number of amidine groups is 1. The van der Waals surface area contributed by atoms with Crippen LogP contribution in [0.4, 0.5) is 15.8 Å². The van der Waals surface area contributed by atoms with Crippen LogP contribution in [-0.2, 0) is 0 Å². The van der Waals surface area contributed by atoms with E-state index in [0.29, 0.717) is 17.8 Å². The maximum absolute atomic E-state index is 13.5. The van der Waals surface area contributed by atoms with Gasteiger partial charge in [0.25, 0.3) is 5.91 Å². The van der Waals surface area contributed by atoms with E-state index >= 15 is 0 Å². The minimum Gasteiger partial charge on any atom is -0.334 e. The number of benzene rings is 2. The Balaban J connectivity index is 2.03. The molecule has 0 aliphatic carbocycles. The van der Waals surface area contributed by atoms with Gasteiger partial charge in [0.1, 0.15) is 11.7 Å². The fourth-order valence-corrected chi connectivity index (χ4v) is 2.54. The fraction of sp³-hybridized carbons (Fsp3) is 0.222. The van der Waals surface area contributed by atoms with Gasteiger partial charge in [-0.15, -0.1) is 0 Å². The van der Waals surface area contributed by atoms with Gasteiger partial charge in [-0.25, -0.2) is 9.38 Å². The SMILES string of the molecule is Cc1ccc(N(C)C2=Nc3ccc(F)cc3C(=O)N(C)C2)cc1. The lowest BCUT2D eigenvalue weighted by atomic mass is 10.1. The summed E-state index contributed by atoms with van der Waals surface area (Å²) in [4.78, 5) is 20.5. The Morgan fingerprint density at radius 2 is 1.87 bits per heavy atom. The number of carbonyl (C=O) groups is 1. The molecule has 0 unspecified atom stereocenters. The van der Waals surface area contributed by atoms with Crippen molar-refractivity contribution < 1.29 is 9.18 Å². The first kappa shape index (κ1) is 15.2. The maximum atomic E-state index is 13.5. The van der Waals surface area contributed by atoms with Crippen LogP contribution in [0.25, 0.3) is 0 Å². The lowest BCUT2D eigenvalue weighted by Gasteiger charge is -2.24. The number of aryl methyl sites for hydroxylation is 1. The lowest BCUT2D eigenvalue weighted by Crippen LogP contribution is -2.38. The molecule has 0 saturated carbocycles. The number of amides is 1. The number of rotatable bonds is 1. The van der Waals surface area contributed by atoms with Gasteiger partial charge < -0.3 is 9.80 Å². The molecular weight excluding hydrogens is 293 g/mol. The normalized spacial score (nSPS) is 14.2. The molecule has 0 N–H and O–H groups in total. The Bertz CT molecular complexity index is 783. The molecule has 1 heterocycles. The lowest BCUT2D eigenvalue weighted by molar-refractivity contribution is 0.0816. The van der Waals surface area contributed by atoms with Gasteiger partial charge in [-0.3, -0.25) is 4.79 Å². The largest absolute Gasteiger partial charge is 0.334 e. The van der Waals surface area contributed by atoms with Gasteiger partial charge in [0.15, 0.2) is 0 Å². The molecule has 0 spiro atoms. The van der Waals surface area contributed by atoms with Crippen LogP contribution in [0.5, 0.6) is 0 Å². The highest BCUT2D eigenvalue weighted by atomic mass is 19.1. The molecule has 2 aromatic rings. The van der Waals surface area contributed by atoms with Crippen LogP contribution in [0, 0.1) is 12.7 Å². The summed E-state index contributed by atoms with van der Waals surface area (Å²) in [5.41, 5.74) is 2.95. The zero-order chi connectivity index (χ0) is 16.6. The summed E-state index contributed by atoms with van der Waals surface area (Å²) in [6.45, 7) is 2.39. The van der Waals surface area contributed by atoms with Gasteiger partial charge in [0.05, 0.1) is 17.8 Å². The van der Waals surface area contributed by atoms with Crippen molar-refractivity contribution in [3.05, 3.63) is 59.4 Å². The molecule has 118 valence electrons. The van der Waals surface area contributed by atoms with Gasteiger partial charge in [0.2, 0.25) is 0 Å². The van der Waals surface area contributed by atoms with Crippen molar-refractivity contribution >= 4 is 23.1 Å². The number of fused-ring (bicyclic) bond motifs is 1. The molecule has 5 heteroatoms. The number of carbonyl (C=O) groups excluding carboxylic acids is 1. The number of hydrogen-bond acceptors (Lipinski definition) is 3. The maximum Gasteiger partial charge on any atom is 0.256 e. The van der Waals surface area contributed by atoms with E-state index in [1.165, 1.54) is 17.7 Å². The second-order valence-electron chi connectivity index (χ2n) is 5.75. The van der Waals surface area contributed by atoms with E-state index in [0.717, 1.165) is 11.5 Å². The smallest absolute Gasteiger partial charge is 0.256 e. The van der Waals surface area contributed by atoms with Gasteiger partial charge in [0, 0.05) is 19.8 Å². The number of anilines is 1. The minimum atomic E-state index is -0.434. The molecule has 1 aliphatic rings. The summed E-state index contributed by atoms with van der Waals surface area (Å²) in [6.07, 6.45) is 0. The topological polar surface area (TPSA) is 35.9 Å². The zero-order valence-corrected chi connectivity index (χ0v) is 13.4. The minimum absolute atomic E-state index is 0.226. The molecule has 4 nitrogen and oxygen atoms in total. The second-order valence-corrected chi connectivity index (χ2v) is 5.75. The first-order valence-corrected chi connectivity index (χ1v) is 7.38. The van der Waals surface area contributed by atoms with Crippen molar-refractivity contribution in [1.29, 1.82) is 0 Å². The molecule has 2 aromatic carbocycles. The van der Waals surface area contributed by atoms with E-state index in [4.69, 9.17) is 0 Å². The van der Waals surface area contributed by atoms with Crippen LogP contribution in [-0.4, -0.2) is 37.3 Å². The molecule has 0 saturated heterocycles. The Morgan fingerprint density at radius 3 is 2.57 bits per heavy atom. The molecular formula is C18H18FN3O.